The van der Waals surface area contributed by atoms with Crippen molar-refractivity contribution in [3.8, 4) is 0 Å². The van der Waals surface area contributed by atoms with E-state index in [0.717, 1.165) is 0 Å². The molecular formula is C13H14Cl2N2O3S. The number of rotatable bonds is 5. The van der Waals surface area contributed by atoms with Crippen molar-refractivity contribution < 1.29 is 13.5 Å². The number of aliphatic hydroxyl groups is 1. The monoisotopic (exact) mass is 348 g/mol. The van der Waals surface area contributed by atoms with Gasteiger partial charge in [0.25, 0.3) is 0 Å². The van der Waals surface area contributed by atoms with Crippen LogP contribution in [-0.2, 0) is 22.6 Å². The summed E-state index contributed by atoms with van der Waals surface area (Å²) in [5, 5.41) is 10.8. The number of benzene rings is 1. The van der Waals surface area contributed by atoms with Gasteiger partial charge in [0.05, 0.1) is 18.1 Å². The lowest BCUT2D eigenvalue weighted by Crippen LogP contribution is -2.18. The van der Waals surface area contributed by atoms with Gasteiger partial charge in [0.1, 0.15) is 16.7 Å². The SMILES string of the molecule is Cn1c(Cl)cnc1CS(=O)(=O)CC(O)c1ccccc1Cl. The second kappa shape index (κ2) is 6.36. The first kappa shape index (κ1) is 16.3. The quantitative estimate of drug-likeness (QED) is 0.900. The molecule has 0 saturated heterocycles. The van der Waals surface area contributed by atoms with Crippen molar-refractivity contribution in [1.82, 2.24) is 9.55 Å². The Balaban J connectivity index is 2.14. The maximum atomic E-state index is 12.2. The molecule has 21 heavy (non-hydrogen) atoms. The number of sulfone groups is 1. The summed E-state index contributed by atoms with van der Waals surface area (Å²) < 4.78 is 25.8. The third-order valence-corrected chi connectivity index (χ3v) is 5.27. The average Bonchev–Trinajstić information content (AvgIpc) is 2.70. The van der Waals surface area contributed by atoms with E-state index < -0.39 is 21.7 Å². The molecule has 0 aliphatic heterocycles. The van der Waals surface area contributed by atoms with Gasteiger partial charge >= 0.3 is 0 Å². The van der Waals surface area contributed by atoms with Crippen LogP contribution in [0.4, 0.5) is 0 Å². The second-order valence-corrected chi connectivity index (χ2v) is 7.55. The largest absolute Gasteiger partial charge is 0.387 e. The average molecular weight is 349 g/mol. The van der Waals surface area contributed by atoms with Gasteiger partial charge in [-0.15, -0.1) is 0 Å². The molecule has 1 aromatic heterocycles. The molecule has 0 radical (unpaired) electrons. The molecule has 1 atom stereocenters. The van der Waals surface area contributed by atoms with Gasteiger partial charge in [0.15, 0.2) is 9.84 Å². The minimum absolute atomic E-state index is 0.294. The van der Waals surface area contributed by atoms with Crippen LogP contribution in [0.1, 0.15) is 17.5 Å². The fourth-order valence-electron chi connectivity index (χ4n) is 1.89. The first-order chi connectivity index (χ1) is 9.80. The van der Waals surface area contributed by atoms with Crippen LogP contribution in [0.2, 0.25) is 10.2 Å². The van der Waals surface area contributed by atoms with Crippen LogP contribution >= 0.6 is 23.2 Å². The second-order valence-electron chi connectivity index (χ2n) is 4.65. The Hall–Kier alpha value is -1.08. The Labute approximate surface area is 133 Å². The number of aliphatic hydroxyl groups excluding tert-OH is 1. The molecule has 0 fully saturated rings. The van der Waals surface area contributed by atoms with Gasteiger partial charge in [-0.2, -0.15) is 0 Å². The van der Waals surface area contributed by atoms with Crippen molar-refractivity contribution >= 4 is 33.0 Å². The highest BCUT2D eigenvalue weighted by atomic mass is 35.5. The number of aromatic nitrogens is 2. The van der Waals surface area contributed by atoms with Gasteiger partial charge in [-0.25, -0.2) is 13.4 Å². The van der Waals surface area contributed by atoms with Crippen LogP contribution < -0.4 is 0 Å². The van der Waals surface area contributed by atoms with Crippen LogP contribution in [0.5, 0.6) is 0 Å². The Morgan fingerprint density at radius 3 is 2.57 bits per heavy atom. The van der Waals surface area contributed by atoms with Gasteiger partial charge in [-0.1, -0.05) is 41.4 Å². The third-order valence-electron chi connectivity index (χ3n) is 3.05. The molecule has 5 nitrogen and oxygen atoms in total. The van der Waals surface area contributed by atoms with E-state index in [0.29, 0.717) is 21.6 Å². The summed E-state index contributed by atoms with van der Waals surface area (Å²) >= 11 is 11.8. The van der Waals surface area contributed by atoms with E-state index in [1.165, 1.54) is 10.8 Å². The van der Waals surface area contributed by atoms with Crippen molar-refractivity contribution in [3.05, 3.63) is 52.0 Å². The zero-order valence-electron chi connectivity index (χ0n) is 11.2. The predicted octanol–water partition coefficient (Wildman–Crippen LogP) is 2.38. The van der Waals surface area contributed by atoms with Crippen molar-refractivity contribution in [2.75, 3.05) is 5.75 Å². The van der Waals surface area contributed by atoms with Gasteiger partial charge < -0.3 is 9.67 Å². The van der Waals surface area contributed by atoms with Crippen molar-refractivity contribution in [3.63, 3.8) is 0 Å². The molecule has 1 unspecified atom stereocenters. The Kier molecular flexibility index (Phi) is 4.93. The minimum Gasteiger partial charge on any atom is -0.387 e. The lowest BCUT2D eigenvalue weighted by Gasteiger charge is -2.13. The highest BCUT2D eigenvalue weighted by molar-refractivity contribution is 7.90. The zero-order valence-corrected chi connectivity index (χ0v) is 13.5. The van der Waals surface area contributed by atoms with Crippen molar-refractivity contribution in [2.24, 2.45) is 7.05 Å². The van der Waals surface area contributed by atoms with E-state index in [1.807, 2.05) is 0 Å². The molecule has 1 heterocycles. The topological polar surface area (TPSA) is 72.2 Å². The highest BCUT2D eigenvalue weighted by Crippen LogP contribution is 2.24. The summed E-state index contributed by atoms with van der Waals surface area (Å²) in [6.45, 7) is 0. The maximum absolute atomic E-state index is 12.2. The molecule has 0 saturated carbocycles. The molecule has 1 aromatic carbocycles. The summed E-state index contributed by atoms with van der Waals surface area (Å²) in [6.07, 6.45) is 0.205. The molecule has 0 bridgehead atoms. The van der Waals surface area contributed by atoms with E-state index in [2.05, 4.69) is 4.98 Å². The van der Waals surface area contributed by atoms with Gasteiger partial charge in [-0.3, -0.25) is 0 Å². The molecule has 0 spiro atoms. The van der Waals surface area contributed by atoms with Crippen LogP contribution in [-0.4, -0.2) is 28.8 Å². The number of imidazole rings is 1. The van der Waals surface area contributed by atoms with Crippen LogP contribution in [0, 0.1) is 0 Å². The van der Waals surface area contributed by atoms with Gasteiger partial charge in [0.2, 0.25) is 0 Å². The van der Waals surface area contributed by atoms with Crippen molar-refractivity contribution in [2.45, 2.75) is 11.9 Å². The van der Waals surface area contributed by atoms with E-state index in [4.69, 9.17) is 23.2 Å². The van der Waals surface area contributed by atoms with E-state index in [1.54, 1.807) is 31.3 Å². The van der Waals surface area contributed by atoms with E-state index in [9.17, 15) is 13.5 Å². The number of hydrogen-bond donors (Lipinski definition) is 1. The molecule has 0 aliphatic carbocycles. The predicted molar refractivity (Wildman–Crippen MR) is 82.1 cm³/mol. The smallest absolute Gasteiger partial charge is 0.160 e. The first-order valence-electron chi connectivity index (χ1n) is 6.09. The maximum Gasteiger partial charge on any atom is 0.160 e. The summed E-state index contributed by atoms with van der Waals surface area (Å²) in [4.78, 5) is 3.94. The fraction of sp³-hybridized carbons (Fsp3) is 0.308. The molecule has 114 valence electrons. The zero-order chi connectivity index (χ0) is 15.6. The first-order valence-corrected chi connectivity index (χ1v) is 8.67. The number of nitrogens with zero attached hydrogens (tertiary/aromatic N) is 2. The van der Waals surface area contributed by atoms with Gasteiger partial charge in [0, 0.05) is 17.6 Å². The van der Waals surface area contributed by atoms with E-state index in [-0.39, 0.29) is 5.75 Å². The normalized spacial score (nSPS) is 13.3. The molecular weight excluding hydrogens is 335 g/mol. The summed E-state index contributed by atoms with van der Waals surface area (Å²) in [6, 6.07) is 6.60. The summed E-state index contributed by atoms with van der Waals surface area (Å²) in [7, 11) is -1.93. The Morgan fingerprint density at radius 1 is 1.33 bits per heavy atom. The fourth-order valence-corrected chi connectivity index (χ4v) is 3.74. The minimum atomic E-state index is -3.56. The highest BCUT2D eigenvalue weighted by Gasteiger charge is 2.23. The Bertz CT molecular complexity index is 744. The molecule has 1 N–H and O–H groups in total. The summed E-state index contributed by atoms with van der Waals surface area (Å²) in [5.74, 6) is -0.398. The lowest BCUT2D eigenvalue weighted by molar-refractivity contribution is 0.201. The van der Waals surface area contributed by atoms with Crippen LogP contribution in [0.15, 0.2) is 30.5 Å². The standard InChI is InChI=1S/C13H14Cl2N2O3S/c1-17-12(15)6-16-13(17)8-21(19,20)7-11(18)9-4-2-3-5-10(9)14/h2-6,11,18H,7-8H2,1H3. The molecule has 2 rings (SSSR count). The van der Waals surface area contributed by atoms with Crippen molar-refractivity contribution in [1.29, 1.82) is 0 Å². The number of hydrogen-bond acceptors (Lipinski definition) is 4. The lowest BCUT2D eigenvalue weighted by atomic mass is 10.1. The number of halogens is 2. The van der Waals surface area contributed by atoms with Crippen LogP contribution in [0.3, 0.4) is 0 Å². The molecule has 2 aromatic rings. The summed E-state index contributed by atoms with van der Waals surface area (Å²) in [5.41, 5.74) is 0.389. The molecule has 8 heteroatoms. The Morgan fingerprint density at radius 2 is 2.00 bits per heavy atom. The molecule has 0 amide bonds. The van der Waals surface area contributed by atoms with Crippen LogP contribution in [0.25, 0.3) is 0 Å². The van der Waals surface area contributed by atoms with E-state index >= 15 is 0 Å². The third kappa shape index (κ3) is 3.97. The molecule has 0 aliphatic rings. The van der Waals surface area contributed by atoms with Gasteiger partial charge in [-0.05, 0) is 6.07 Å².